The maximum absolute atomic E-state index is 12.2. The minimum Gasteiger partial charge on any atom is -0.466 e. The zero-order chi connectivity index (χ0) is 27.4. The molecule has 2 atom stereocenters. The molecule has 0 amide bonds. The summed E-state index contributed by atoms with van der Waals surface area (Å²) in [4.78, 5) is 24.0. The molecule has 0 aromatic heterocycles. The lowest BCUT2D eigenvalue weighted by atomic mass is 9.94. The Bertz CT molecular complexity index is 507. The number of aliphatic hydroxyl groups is 1. The highest BCUT2D eigenvalue weighted by molar-refractivity contribution is 5.83. The first-order valence-corrected chi connectivity index (χ1v) is 16.1. The van der Waals surface area contributed by atoms with Crippen molar-refractivity contribution in [2.24, 2.45) is 5.92 Å². The van der Waals surface area contributed by atoms with Crippen molar-refractivity contribution in [1.82, 2.24) is 0 Å². The average molecular weight is 527 g/mol. The van der Waals surface area contributed by atoms with Crippen LogP contribution in [0.3, 0.4) is 0 Å². The second kappa shape index (κ2) is 27.9. The number of esters is 2. The molecule has 0 rings (SSSR count). The number of hydrogen-bond acceptors (Lipinski definition) is 5. The molecular formula is C32H62O5. The van der Waals surface area contributed by atoms with Crippen LogP contribution in [0.25, 0.3) is 0 Å². The van der Waals surface area contributed by atoms with Gasteiger partial charge in [-0.2, -0.15) is 0 Å². The standard InChI is InChI=1S/C32H62O5/c1-4-7-8-9-10-11-12-13-14-15-16-17-18-19-20-21-22-23-24-25-26-27-28-29(31(34)36-5-2)30(33)32(35)37-6-3/h29-30,33H,4-28H2,1-3H3/t29-,30+/m1/s1. The fraction of sp³-hybridized carbons (Fsp3) is 0.938. The highest BCUT2D eigenvalue weighted by Gasteiger charge is 2.33. The molecule has 0 aliphatic rings. The summed E-state index contributed by atoms with van der Waals surface area (Å²) >= 11 is 0. The molecule has 37 heavy (non-hydrogen) atoms. The lowest BCUT2D eigenvalue weighted by molar-refractivity contribution is -0.166. The Balaban J connectivity index is 3.51. The van der Waals surface area contributed by atoms with Crippen molar-refractivity contribution in [3.8, 4) is 0 Å². The molecule has 0 saturated heterocycles. The van der Waals surface area contributed by atoms with Gasteiger partial charge in [-0.05, 0) is 20.3 Å². The van der Waals surface area contributed by atoms with Crippen LogP contribution in [0.1, 0.15) is 168 Å². The monoisotopic (exact) mass is 526 g/mol. The van der Waals surface area contributed by atoms with Gasteiger partial charge in [-0.15, -0.1) is 0 Å². The largest absolute Gasteiger partial charge is 0.466 e. The van der Waals surface area contributed by atoms with E-state index in [4.69, 9.17) is 9.47 Å². The highest BCUT2D eigenvalue weighted by atomic mass is 16.6. The van der Waals surface area contributed by atoms with E-state index in [-0.39, 0.29) is 13.2 Å². The first kappa shape index (κ1) is 35.9. The van der Waals surface area contributed by atoms with Crippen LogP contribution in [0.5, 0.6) is 0 Å². The predicted octanol–water partition coefficient (Wildman–Crippen LogP) is 9.08. The van der Waals surface area contributed by atoms with Crippen LogP contribution >= 0.6 is 0 Å². The van der Waals surface area contributed by atoms with Gasteiger partial charge < -0.3 is 14.6 Å². The van der Waals surface area contributed by atoms with Crippen molar-refractivity contribution < 1.29 is 24.2 Å². The molecule has 1 N–H and O–H groups in total. The number of rotatable bonds is 28. The van der Waals surface area contributed by atoms with Gasteiger partial charge in [-0.3, -0.25) is 4.79 Å². The van der Waals surface area contributed by atoms with Gasteiger partial charge in [-0.25, -0.2) is 4.79 Å². The molecular weight excluding hydrogens is 464 g/mol. The first-order chi connectivity index (χ1) is 18.1. The van der Waals surface area contributed by atoms with Crippen LogP contribution in [-0.4, -0.2) is 36.4 Å². The third-order valence-electron chi connectivity index (χ3n) is 7.37. The van der Waals surface area contributed by atoms with Crippen LogP contribution in [0.4, 0.5) is 0 Å². The van der Waals surface area contributed by atoms with Crippen molar-refractivity contribution in [2.45, 2.75) is 175 Å². The maximum Gasteiger partial charge on any atom is 0.335 e. The summed E-state index contributed by atoms with van der Waals surface area (Å²) in [5, 5.41) is 10.2. The molecule has 220 valence electrons. The van der Waals surface area contributed by atoms with Gasteiger partial charge >= 0.3 is 11.9 Å². The van der Waals surface area contributed by atoms with Crippen molar-refractivity contribution >= 4 is 11.9 Å². The topological polar surface area (TPSA) is 72.8 Å². The Morgan fingerprint density at radius 3 is 1.11 bits per heavy atom. The van der Waals surface area contributed by atoms with Gasteiger partial charge in [0.25, 0.3) is 0 Å². The van der Waals surface area contributed by atoms with Crippen molar-refractivity contribution in [3.63, 3.8) is 0 Å². The van der Waals surface area contributed by atoms with Gasteiger partial charge in [0, 0.05) is 0 Å². The number of ether oxygens (including phenoxy) is 2. The summed E-state index contributed by atoms with van der Waals surface area (Å²) in [6, 6.07) is 0. The van der Waals surface area contributed by atoms with Crippen molar-refractivity contribution in [3.05, 3.63) is 0 Å². The molecule has 0 spiro atoms. The van der Waals surface area contributed by atoms with Gasteiger partial charge in [-0.1, -0.05) is 148 Å². The second-order valence-corrected chi connectivity index (χ2v) is 10.8. The van der Waals surface area contributed by atoms with Crippen molar-refractivity contribution in [2.75, 3.05) is 13.2 Å². The molecule has 0 heterocycles. The molecule has 0 aromatic rings. The average Bonchev–Trinajstić information content (AvgIpc) is 2.89. The Labute approximate surface area is 229 Å². The summed E-state index contributed by atoms with van der Waals surface area (Å²) in [5.74, 6) is -2.07. The normalized spacial score (nSPS) is 12.9. The molecule has 0 radical (unpaired) electrons. The Morgan fingerprint density at radius 2 is 0.784 bits per heavy atom. The Hall–Kier alpha value is -1.10. The minimum absolute atomic E-state index is 0.185. The van der Waals surface area contributed by atoms with E-state index in [2.05, 4.69) is 6.92 Å². The first-order valence-electron chi connectivity index (χ1n) is 16.1. The van der Waals surface area contributed by atoms with Gasteiger partial charge in [0.2, 0.25) is 0 Å². The highest BCUT2D eigenvalue weighted by Crippen LogP contribution is 2.19. The number of unbranched alkanes of at least 4 members (excludes halogenated alkanes) is 21. The summed E-state index contributed by atoms with van der Waals surface area (Å²) < 4.78 is 9.92. The third kappa shape index (κ3) is 22.6. The van der Waals surface area contributed by atoms with E-state index >= 15 is 0 Å². The fourth-order valence-corrected chi connectivity index (χ4v) is 5.02. The molecule has 0 aliphatic heterocycles. The zero-order valence-electron chi connectivity index (χ0n) is 24.9. The van der Waals surface area contributed by atoms with Crippen LogP contribution < -0.4 is 0 Å². The minimum atomic E-state index is -1.44. The molecule has 0 saturated carbocycles. The van der Waals surface area contributed by atoms with Gasteiger partial charge in [0.05, 0.1) is 19.1 Å². The van der Waals surface area contributed by atoms with E-state index in [1.807, 2.05) is 0 Å². The van der Waals surface area contributed by atoms with Crippen LogP contribution in [0.2, 0.25) is 0 Å². The lowest BCUT2D eigenvalue weighted by Gasteiger charge is -2.20. The number of carbonyl (C=O) groups excluding carboxylic acids is 2. The van der Waals surface area contributed by atoms with Gasteiger partial charge in [0.1, 0.15) is 0 Å². The molecule has 0 aromatic carbocycles. The molecule has 5 nitrogen and oxygen atoms in total. The molecule has 0 fully saturated rings. The quantitative estimate of drug-likeness (QED) is 0.0813. The Kier molecular flexibility index (Phi) is 27.1. The number of aliphatic hydroxyl groups excluding tert-OH is 1. The van der Waals surface area contributed by atoms with E-state index in [9.17, 15) is 14.7 Å². The molecule has 0 aliphatic carbocycles. The zero-order valence-corrected chi connectivity index (χ0v) is 24.9. The van der Waals surface area contributed by atoms with E-state index < -0.39 is 24.0 Å². The fourth-order valence-electron chi connectivity index (χ4n) is 5.02. The molecule has 5 heteroatoms. The summed E-state index contributed by atoms with van der Waals surface area (Å²) in [6.07, 6.45) is 28.3. The van der Waals surface area contributed by atoms with E-state index in [0.717, 1.165) is 19.3 Å². The summed E-state index contributed by atoms with van der Waals surface area (Å²) in [7, 11) is 0. The van der Waals surface area contributed by atoms with Gasteiger partial charge in [0.15, 0.2) is 6.10 Å². The van der Waals surface area contributed by atoms with Crippen LogP contribution in [0, 0.1) is 5.92 Å². The predicted molar refractivity (Wildman–Crippen MR) is 155 cm³/mol. The maximum atomic E-state index is 12.2. The summed E-state index contributed by atoms with van der Waals surface area (Å²) in [5.41, 5.74) is 0. The smallest absolute Gasteiger partial charge is 0.335 e. The SMILES string of the molecule is CCCCCCCCCCCCCCCCCCCCCCCC[C@@H](C(=O)OCC)[C@H](O)C(=O)OCC. The summed E-state index contributed by atoms with van der Waals surface area (Å²) in [6.45, 7) is 6.12. The molecule has 0 unspecified atom stereocenters. The van der Waals surface area contributed by atoms with Crippen LogP contribution in [-0.2, 0) is 19.1 Å². The van der Waals surface area contributed by atoms with E-state index in [1.54, 1.807) is 13.8 Å². The third-order valence-corrected chi connectivity index (χ3v) is 7.37. The van der Waals surface area contributed by atoms with E-state index in [0.29, 0.717) is 6.42 Å². The lowest BCUT2D eigenvalue weighted by Crippen LogP contribution is -2.37. The molecule has 0 bridgehead atoms. The van der Waals surface area contributed by atoms with Crippen molar-refractivity contribution in [1.29, 1.82) is 0 Å². The number of carbonyl (C=O) groups is 2. The van der Waals surface area contributed by atoms with E-state index in [1.165, 1.54) is 122 Å². The number of hydrogen-bond donors (Lipinski definition) is 1. The second-order valence-electron chi connectivity index (χ2n) is 10.8. The Morgan fingerprint density at radius 1 is 0.486 bits per heavy atom. The van der Waals surface area contributed by atoms with Crippen LogP contribution in [0.15, 0.2) is 0 Å².